The Balaban J connectivity index is 3.55. The number of hydrogen-bond acceptors (Lipinski definition) is 5. The summed E-state index contributed by atoms with van der Waals surface area (Å²) in [5.74, 6) is 0. The van der Waals surface area contributed by atoms with Gasteiger partial charge in [0, 0.05) is 0 Å². The number of aldehydes is 1. The monoisotopic (exact) mass is 169 g/mol. The lowest BCUT2D eigenvalue weighted by atomic mass is 10.4. The molecule has 2 N–H and O–H groups in total. The Morgan fingerprint density at radius 1 is 1.80 bits per heavy atom. The van der Waals surface area contributed by atoms with Gasteiger partial charge in [-0.2, -0.15) is 0 Å². The summed E-state index contributed by atoms with van der Waals surface area (Å²) in [6.45, 7) is -0.749. The predicted molar refractivity (Wildman–Crippen MR) is 27.8 cm³/mol. The van der Waals surface area contributed by atoms with Gasteiger partial charge in [-0.15, -0.1) is 0 Å². The molecular formula is C3H6O6P-. The molecular weight excluding hydrogens is 163 g/mol. The van der Waals surface area contributed by atoms with E-state index >= 15 is 0 Å². The first-order valence-electron chi connectivity index (χ1n) is 2.27. The van der Waals surface area contributed by atoms with Crippen molar-refractivity contribution in [1.29, 1.82) is 0 Å². The van der Waals surface area contributed by atoms with Gasteiger partial charge in [0.25, 0.3) is 7.82 Å². The summed E-state index contributed by atoms with van der Waals surface area (Å²) < 4.78 is 13.4. The van der Waals surface area contributed by atoms with Gasteiger partial charge >= 0.3 is 0 Å². The highest BCUT2D eigenvalue weighted by Crippen LogP contribution is 2.29. The number of phosphoric acid groups is 1. The average Bonchev–Trinajstić information content (AvgIpc) is 1.81. The third-order valence-corrected chi connectivity index (χ3v) is 1.04. The molecule has 0 aromatic heterocycles. The van der Waals surface area contributed by atoms with Gasteiger partial charge in [0.05, 0.1) is 6.61 Å². The number of phosphoric ester groups is 1. The van der Waals surface area contributed by atoms with Crippen LogP contribution in [0.3, 0.4) is 0 Å². The molecule has 0 bridgehead atoms. The largest absolute Gasteiger partial charge is 0.756 e. The van der Waals surface area contributed by atoms with Crippen LogP contribution < -0.4 is 4.89 Å². The van der Waals surface area contributed by atoms with Crippen LogP contribution in [0, 0.1) is 0 Å². The van der Waals surface area contributed by atoms with E-state index in [0.29, 0.717) is 0 Å². The van der Waals surface area contributed by atoms with Crippen molar-refractivity contribution in [3.8, 4) is 0 Å². The summed E-state index contributed by atoms with van der Waals surface area (Å²) in [5, 5.41) is 8.36. The van der Waals surface area contributed by atoms with Crippen molar-refractivity contribution in [2.45, 2.75) is 6.10 Å². The Morgan fingerprint density at radius 3 is 2.60 bits per heavy atom. The molecule has 0 aliphatic heterocycles. The maximum Gasteiger partial charge on any atom is 0.265 e. The third-order valence-electron chi connectivity index (χ3n) is 0.566. The Kier molecular flexibility index (Phi) is 3.70. The number of carbonyl (C=O) groups is 1. The second-order valence-electron chi connectivity index (χ2n) is 1.47. The number of aliphatic hydroxyl groups is 1. The van der Waals surface area contributed by atoms with E-state index in [9.17, 15) is 14.3 Å². The number of aliphatic hydroxyl groups excluding tert-OH is 1. The van der Waals surface area contributed by atoms with Gasteiger partial charge in [0.2, 0.25) is 0 Å². The summed E-state index contributed by atoms with van der Waals surface area (Å²) in [7, 11) is -4.80. The Labute approximate surface area is 56.7 Å². The van der Waals surface area contributed by atoms with Crippen molar-refractivity contribution in [2.24, 2.45) is 0 Å². The van der Waals surface area contributed by atoms with E-state index in [1.54, 1.807) is 0 Å². The van der Waals surface area contributed by atoms with E-state index in [1.807, 2.05) is 0 Å². The molecule has 0 spiro atoms. The fraction of sp³-hybridized carbons (Fsp3) is 0.667. The number of rotatable bonds is 4. The summed E-state index contributed by atoms with van der Waals surface area (Å²) in [6.07, 6.45) is -1.43. The van der Waals surface area contributed by atoms with Crippen LogP contribution in [0.1, 0.15) is 0 Å². The first-order valence-corrected chi connectivity index (χ1v) is 3.77. The smallest absolute Gasteiger partial charge is 0.265 e. The second kappa shape index (κ2) is 3.80. The number of hydrogen-bond donors (Lipinski definition) is 2. The zero-order chi connectivity index (χ0) is 8.20. The van der Waals surface area contributed by atoms with Crippen LogP contribution in [0.5, 0.6) is 0 Å². The Bertz CT molecular complexity index is 149. The molecule has 0 heterocycles. The topological polar surface area (TPSA) is 107 Å². The van der Waals surface area contributed by atoms with E-state index in [-0.39, 0.29) is 6.29 Å². The van der Waals surface area contributed by atoms with Gasteiger partial charge in [0.15, 0.2) is 6.29 Å². The summed E-state index contributed by atoms with van der Waals surface area (Å²) in [4.78, 5) is 27.3. The van der Waals surface area contributed by atoms with E-state index < -0.39 is 20.5 Å². The first-order chi connectivity index (χ1) is 4.45. The normalized spacial score (nSPS) is 19.5. The van der Waals surface area contributed by atoms with E-state index in [0.717, 1.165) is 0 Å². The highest BCUT2D eigenvalue weighted by Gasteiger charge is 2.06. The Morgan fingerprint density at radius 2 is 2.30 bits per heavy atom. The standard InChI is InChI=1S/C3H7O6P/c4-1-3(5)2-9-10(6,7)8/h1,3,5H,2H2,(H2,6,7,8)/p-1/t3-/m0/s1. The van der Waals surface area contributed by atoms with Gasteiger partial charge in [-0.3, -0.25) is 4.57 Å². The van der Waals surface area contributed by atoms with Crippen LogP contribution >= 0.6 is 7.82 Å². The van der Waals surface area contributed by atoms with Gasteiger partial charge in [-0.25, -0.2) is 0 Å². The molecule has 0 aliphatic rings. The van der Waals surface area contributed by atoms with Gasteiger partial charge in [0.1, 0.15) is 6.10 Å². The Hall–Kier alpha value is -0.260. The molecule has 6 nitrogen and oxygen atoms in total. The maximum atomic E-state index is 9.79. The molecule has 0 aliphatic carbocycles. The SMILES string of the molecule is O=C[C@H](O)COP(=O)([O-])O. The average molecular weight is 169 g/mol. The van der Waals surface area contributed by atoms with Crippen molar-refractivity contribution >= 4 is 14.1 Å². The zero-order valence-electron chi connectivity index (χ0n) is 4.84. The molecule has 0 aromatic rings. The molecule has 10 heavy (non-hydrogen) atoms. The van der Waals surface area contributed by atoms with Crippen molar-refractivity contribution in [1.82, 2.24) is 0 Å². The lowest BCUT2D eigenvalue weighted by Crippen LogP contribution is -2.17. The fourth-order valence-electron chi connectivity index (χ4n) is 0.210. The quantitative estimate of drug-likeness (QED) is 0.373. The molecule has 0 radical (unpaired) electrons. The maximum absolute atomic E-state index is 9.79. The van der Waals surface area contributed by atoms with Crippen molar-refractivity contribution in [2.75, 3.05) is 6.61 Å². The molecule has 1 unspecified atom stereocenters. The molecule has 60 valence electrons. The minimum absolute atomic E-state index is 0.0929. The first kappa shape index (κ1) is 9.74. The van der Waals surface area contributed by atoms with Crippen LogP contribution in [-0.2, 0) is 13.9 Å². The van der Waals surface area contributed by atoms with Crippen LogP contribution in [0.2, 0.25) is 0 Å². The highest BCUT2D eigenvalue weighted by atomic mass is 31.2. The van der Waals surface area contributed by atoms with E-state index in [4.69, 9.17) is 10.00 Å². The van der Waals surface area contributed by atoms with Crippen LogP contribution in [0.4, 0.5) is 0 Å². The van der Waals surface area contributed by atoms with Gasteiger partial charge in [-0.05, 0) is 0 Å². The van der Waals surface area contributed by atoms with Crippen LogP contribution in [-0.4, -0.2) is 29.0 Å². The van der Waals surface area contributed by atoms with Gasteiger partial charge < -0.3 is 24.2 Å². The van der Waals surface area contributed by atoms with E-state index in [1.165, 1.54) is 0 Å². The minimum Gasteiger partial charge on any atom is -0.756 e. The lowest BCUT2D eigenvalue weighted by molar-refractivity contribution is -0.221. The second-order valence-corrected chi connectivity index (χ2v) is 2.66. The summed E-state index contributed by atoms with van der Waals surface area (Å²) in [6, 6.07) is 0. The molecule has 7 heteroatoms. The highest BCUT2D eigenvalue weighted by molar-refractivity contribution is 7.44. The van der Waals surface area contributed by atoms with E-state index in [2.05, 4.69) is 4.52 Å². The van der Waals surface area contributed by atoms with Crippen molar-refractivity contribution < 1.29 is 28.8 Å². The predicted octanol–water partition coefficient (Wildman–Crippen LogP) is -1.98. The summed E-state index contributed by atoms with van der Waals surface area (Å²) >= 11 is 0. The fourth-order valence-corrected chi connectivity index (χ4v) is 0.551. The molecule has 0 amide bonds. The molecule has 0 saturated carbocycles. The molecule has 0 saturated heterocycles. The van der Waals surface area contributed by atoms with Gasteiger partial charge in [-0.1, -0.05) is 0 Å². The number of carbonyl (C=O) groups excluding carboxylic acids is 1. The van der Waals surface area contributed by atoms with Crippen LogP contribution in [0.25, 0.3) is 0 Å². The zero-order valence-corrected chi connectivity index (χ0v) is 5.73. The lowest BCUT2D eigenvalue weighted by Gasteiger charge is -2.15. The minimum atomic E-state index is -4.80. The van der Waals surface area contributed by atoms with Crippen LogP contribution in [0.15, 0.2) is 0 Å². The van der Waals surface area contributed by atoms with Crippen molar-refractivity contribution in [3.63, 3.8) is 0 Å². The third kappa shape index (κ3) is 5.87. The molecule has 0 rings (SSSR count). The van der Waals surface area contributed by atoms with Crippen molar-refractivity contribution in [3.05, 3.63) is 0 Å². The molecule has 0 fully saturated rings. The molecule has 2 atom stereocenters. The summed E-state index contributed by atoms with van der Waals surface area (Å²) in [5.41, 5.74) is 0. The molecule has 0 aromatic carbocycles.